The molecule has 0 aliphatic rings. The molecule has 124 valence electrons. The second-order valence-electron chi connectivity index (χ2n) is 5.03. The van der Waals surface area contributed by atoms with Crippen molar-refractivity contribution < 1.29 is 12.8 Å². The Hall–Kier alpha value is -2.32. The lowest BCUT2D eigenvalue weighted by Crippen LogP contribution is -2.09. The summed E-state index contributed by atoms with van der Waals surface area (Å²) < 4.78 is 29.4. The van der Waals surface area contributed by atoms with Gasteiger partial charge in [-0.2, -0.15) is 0 Å². The van der Waals surface area contributed by atoms with E-state index >= 15 is 0 Å². The third-order valence-corrected chi connectivity index (χ3v) is 5.10. The van der Waals surface area contributed by atoms with E-state index in [-0.39, 0.29) is 27.5 Å². The molecule has 0 saturated heterocycles. The molecule has 1 aromatic carbocycles. The molecule has 2 heterocycles. The fourth-order valence-corrected chi connectivity index (χ4v) is 2.79. The molecular weight excluding hydrogens is 352 g/mol. The van der Waals surface area contributed by atoms with Crippen molar-refractivity contribution in [2.45, 2.75) is 19.0 Å². The first-order chi connectivity index (χ1) is 11.4. The van der Waals surface area contributed by atoms with E-state index in [2.05, 4.69) is 20.2 Å². The number of nitrogens with zero attached hydrogens (tertiary/aromatic N) is 4. The summed E-state index contributed by atoms with van der Waals surface area (Å²) in [7, 11) is -3.57. The van der Waals surface area contributed by atoms with E-state index in [1.807, 2.05) is 31.2 Å². The Morgan fingerprint density at radius 2 is 1.79 bits per heavy atom. The molecule has 0 unspecified atom stereocenters. The van der Waals surface area contributed by atoms with Gasteiger partial charge < -0.3 is 4.42 Å². The number of aryl methyl sites for hydroxylation is 1. The lowest BCUT2D eigenvalue weighted by atomic mass is 10.1. The largest absolute Gasteiger partial charge is 0.415 e. The summed E-state index contributed by atoms with van der Waals surface area (Å²) in [4.78, 5) is 7.74. The number of aromatic nitrogens is 4. The van der Waals surface area contributed by atoms with Crippen LogP contribution in [0.4, 0.5) is 0 Å². The third-order valence-electron chi connectivity index (χ3n) is 3.31. The number of benzene rings is 1. The van der Waals surface area contributed by atoms with Gasteiger partial charge in [0.1, 0.15) is 0 Å². The van der Waals surface area contributed by atoms with Crippen LogP contribution in [-0.2, 0) is 9.84 Å². The van der Waals surface area contributed by atoms with Crippen LogP contribution in [0.2, 0.25) is 5.02 Å². The first-order valence-electron chi connectivity index (χ1n) is 7.07. The maximum atomic E-state index is 11.9. The molecule has 0 atom stereocenters. The summed E-state index contributed by atoms with van der Waals surface area (Å²) in [6.07, 6.45) is 1.21. The number of hydrogen-bond acceptors (Lipinski definition) is 7. The monoisotopic (exact) mass is 364 g/mol. The van der Waals surface area contributed by atoms with Crippen molar-refractivity contribution in [3.8, 4) is 23.0 Å². The molecule has 0 saturated carbocycles. The SMILES string of the molecule is CCS(=O)(=O)c1ncc(Cl)c(-c2nnc(-c3ccc(C)cc3)o2)n1. The molecule has 3 aromatic rings. The highest BCUT2D eigenvalue weighted by molar-refractivity contribution is 7.91. The summed E-state index contributed by atoms with van der Waals surface area (Å²) in [6, 6.07) is 7.54. The van der Waals surface area contributed by atoms with E-state index in [1.165, 1.54) is 13.1 Å². The highest BCUT2D eigenvalue weighted by Crippen LogP contribution is 2.28. The van der Waals surface area contributed by atoms with Crippen molar-refractivity contribution in [1.29, 1.82) is 0 Å². The Morgan fingerprint density at radius 3 is 2.46 bits per heavy atom. The molecule has 3 rings (SSSR count). The second-order valence-corrected chi connectivity index (χ2v) is 7.61. The van der Waals surface area contributed by atoms with Crippen molar-refractivity contribution >= 4 is 21.4 Å². The van der Waals surface area contributed by atoms with E-state index in [0.29, 0.717) is 5.89 Å². The van der Waals surface area contributed by atoms with E-state index in [4.69, 9.17) is 16.0 Å². The Bertz CT molecular complexity index is 984. The zero-order chi connectivity index (χ0) is 17.3. The topological polar surface area (TPSA) is 98.8 Å². The third kappa shape index (κ3) is 3.15. The smallest absolute Gasteiger partial charge is 0.268 e. The lowest BCUT2D eigenvalue weighted by Gasteiger charge is -2.02. The normalized spacial score (nSPS) is 11.6. The van der Waals surface area contributed by atoms with Gasteiger partial charge in [-0.25, -0.2) is 18.4 Å². The molecule has 0 aliphatic carbocycles. The number of rotatable bonds is 4. The highest BCUT2D eigenvalue weighted by Gasteiger charge is 2.21. The van der Waals surface area contributed by atoms with Gasteiger partial charge in [0.25, 0.3) is 5.89 Å². The first-order valence-corrected chi connectivity index (χ1v) is 9.10. The van der Waals surface area contributed by atoms with Crippen LogP contribution in [0.3, 0.4) is 0 Å². The molecule has 0 N–H and O–H groups in total. The van der Waals surface area contributed by atoms with Crippen molar-refractivity contribution in [1.82, 2.24) is 20.2 Å². The zero-order valence-electron chi connectivity index (χ0n) is 12.9. The van der Waals surface area contributed by atoms with E-state index in [0.717, 1.165) is 11.1 Å². The summed E-state index contributed by atoms with van der Waals surface area (Å²) in [6.45, 7) is 3.48. The molecule has 0 radical (unpaired) electrons. The van der Waals surface area contributed by atoms with E-state index in [9.17, 15) is 8.42 Å². The minimum absolute atomic E-state index is 0.0329. The Kier molecular flexibility index (Phi) is 4.33. The standard InChI is InChI=1S/C15H13ClN4O3S/c1-3-24(21,22)15-17-8-11(16)12(18-15)14-20-19-13(23-14)10-6-4-9(2)5-7-10/h4-8H,3H2,1-2H3. The lowest BCUT2D eigenvalue weighted by molar-refractivity contribution is 0.577. The van der Waals surface area contributed by atoms with E-state index < -0.39 is 9.84 Å². The fourth-order valence-electron chi connectivity index (χ4n) is 1.91. The molecule has 0 fully saturated rings. The van der Waals surface area contributed by atoms with Crippen LogP contribution in [0.25, 0.3) is 23.0 Å². The number of sulfone groups is 1. The maximum absolute atomic E-state index is 11.9. The van der Waals surface area contributed by atoms with Gasteiger partial charge in [0.15, 0.2) is 5.69 Å². The van der Waals surface area contributed by atoms with Gasteiger partial charge in [-0.3, -0.25) is 0 Å². The highest BCUT2D eigenvalue weighted by atomic mass is 35.5. The molecule has 7 nitrogen and oxygen atoms in total. The Balaban J connectivity index is 2.04. The van der Waals surface area contributed by atoms with Gasteiger partial charge in [-0.15, -0.1) is 10.2 Å². The molecular formula is C15H13ClN4O3S. The van der Waals surface area contributed by atoms with Crippen LogP contribution in [0.15, 0.2) is 40.0 Å². The van der Waals surface area contributed by atoms with Gasteiger partial charge in [-0.05, 0) is 19.1 Å². The van der Waals surface area contributed by atoms with Crippen LogP contribution < -0.4 is 0 Å². The molecule has 0 amide bonds. The van der Waals surface area contributed by atoms with Crippen molar-refractivity contribution in [3.05, 3.63) is 41.0 Å². The second kappa shape index (κ2) is 6.29. The quantitative estimate of drug-likeness (QED) is 0.656. The summed E-state index contributed by atoms with van der Waals surface area (Å²) in [5.74, 6) is 0.206. The summed E-state index contributed by atoms with van der Waals surface area (Å²) in [5, 5.41) is 7.68. The molecule has 2 aromatic heterocycles. The minimum Gasteiger partial charge on any atom is -0.415 e. The Labute approximate surface area is 143 Å². The summed E-state index contributed by atoms with van der Waals surface area (Å²) in [5.41, 5.74) is 1.93. The van der Waals surface area contributed by atoms with Crippen molar-refractivity contribution in [2.75, 3.05) is 5.75 Å². The number of hydrogen-bond donors (Lipinski definition) is 0. The van der Waals surface area contributed by atoms with Crippen molar-refractivity contribution in [2.24, 2.45) is 0 Å². The molecule has 0 spiro atoms. The predicted molar refractivity (Wildman–Crippen MR) is 88.2 cm³/mol. The van der Waals surface area contributed by atoms with E-state index in [1.54, 1.807) is 0 Å². The fraction of sp³-hybridized carbons (Fsp3) is 0.200. The molecule has 9 heteroatoms. The molecule has 0 bridgehead atoms. The van der Waals surface area contributed by atoms with Crippen LogP contribution in [0.1, 0.15) is 12.5 Å². The first kappa shape index (κ1) is 16.5. The molecule has 24 heavy (non-hydrogen) atoms. The van der Waals surface area contributed by atoms with Crippen LogP contribution in [-0.4, -0.2) is 34.3 Å². The van der Waals surface area contributed by atoms with Crippen LogP contribution in [0.5, 0.6) is 0 Å². The predicted octanol–water partition coefficient (Wildman–Crippen LogP) is 2.95. The zero-order valence-corrected chi connectivity index (χ0v) is 14.5. The Morgan fingerprint density at radius 1 is 1.12 bits per heavy atom. The van der Waals surface area contributed by atoms with Crippen LogP contribution >= 0.6 is 11.6 Å². The molecule has 0 aliphatic heterocycles. The number of halogens is 1. The summed E-state index contributed by atoms with van der Waals surface area (Å²) >= 11 is 6.05. The van der Waals surface area contributed by atoms with Gasteiger partial charge >= 0.3 is 0 Å². The van der Waals surface area contributed by atoms with Gasteiger partial charge in [0.2, 0.25) is 20.9 Å². The minimum atomic E-state index is -3.57. The van der Waals surface area contributed by atoms with Crippen LogP contribution in [0, 0.1) is 6.92 Å². The van der Waals surface area contributed by atoms with Crippen molar-refractivity contribution in [3.63, 3.8) is 0 Å². The maximum Gasteiger partial charge on any atom is 0.268 e. The average Bonchev–Trinajstić information content (AvgIpc) is 3.05. The van der Waals surface area contributed by atoms with Gasteiger partial charge in [-0.1, -0.05) is 36.2 Å². The van der Waals surface area contributed by atoms with Gasteiger partial charge in [0.05, 0.1) is 17.0 Å². The van der Waals surface area contributed by atoms with Gasteiger partial charge in [0, 0.05) is 5.56 Å². The average molecular weight is 365 g/mol.